The maximum Gasteiger partial charge on any atom is 0.0772 e. The van der Waals surface area contributed by atoms with Gasteiger partial charge in [0.2, 0.25) is 0 Å². The van der Waals surface area contributed by atoms with Crippen LogP contribution in [0.3, 0.4) is 0 Å². The summed E-state index contributed by atoms with van der Waals surface area (Å²) >= 11 is 1.72. The molecule has 0 aliphatic carbocycles. The van der Waals surface area contributed by atoms with Crippen molar-refractivity contribution in [2.24, 2.45) is 5.73 Å². The van der Waals surface area contributed by atoms with Gasteiger partial charge in [-0.15, -0.1) is 11.3 Å². The minimum atomic E-state index is 0.404. The summed E-state index contributed by atoms with van der Waals surface area (Å²) in [5.41, 5.74) is 5.37. The van der Waals surface area contributed by atoms with Gasteiger partial charge in [0.1, 0.15) is 0 Å². The molecule has 0 amide bonds. The number of nitrogens with zero attached hydrogens (tertiary/aromatic N) is 1. The van der Waals surface area contributed by atoms with Gasteiger partial charge >= 0.3 is 0 Å². The number of hydrogen-bond donors (Lipinski definition) is 1. The summed E-state index contributed by atoms with van der Waals surface area (Å²) in [6.07, 6.45) is 0. The van der Waals surface area contributed by atoms with E-state index < -0.39 is 0 Å². The zero-order valence-corrected chi connectivity index (χ0v) is 12.5. The normalized spacial score (nSPS) is 10.5. The van der Waals surface area contributed by atoms with Crippen LogP contribution >= 0.6 is 11.3 Å². The van der Waals surface area contributed by atoms with E-state index in [0.717, 1.165) is 37.7 Å². The predicted octanol–water partition coefficient (Wildman–Crippen LogP) is 1.15. The van der Waals surface area contributed by atoms with Crippen molar-refractivity contribution >= 4 is 11.3 Å². The molecule has 0 aliphatic rings. The first kappa shape index (κ1) is 16.2. The molecular weight excluding hydrogens is 260 g/mol. The molecule has 1 aromatic rings. The molecule has 0 saturated heterocycles. The first-order valence-electron chi connectivity index (χ1n) is 6.28. The van der Waals surface area contributed by atoms with E-state index in [9.17, 15) is 0 Å². The number of rotatable bonds is 8. The van der Waals surface area contributed by atoms with Gasteiger partial charge in [0.15, 0.2) is 0 Å². The molecule has 0 atom stereocenters. The van der Waals surface area contributed by atoms with Crippen LogP contribution < -0.4 is 5.73 Å². The lowest BCUT2D eigenvalue weighted by molar-refractivity contribution is 0.111. The second-order valence-corrected chi connectivity index (χ2v) is 5.20. The monoisotopic (exact) mass is 282 g/mol. The standard InChI is InChI=1S/C14H22N2O2S/c1-17-10-8-16(9-11-18-2)12-14-6-5-13(19-14)4-3-7-15/h5-6H,7-12,15H2,1-2H3. The number of thiophene rings is 1. The van der Waals surface area contributed by atoms with E-state index in [1.165, 1.54) is 4.88 Å². The first-order chi connectivity index (χ1) is 9.30. The van der Waals surface area contributed by atoms with Crippen molar-refractivity contribution in [1.82, 2.24) is 4.90 Å². The molecule has 0 unspecified atom stereocenters. The molecule has 0 saturated carbocycles. The van der Waals surface area contributed by atoms with Gasteiger partial charge in [-0.3, -0.25) is 4.90 Å². The van der Waals surface area contributed by atoms with Crippen molar-refractivity contribution in [3.63, 3.8) is 0 Å². The van der Waals surface area contributed by atoms with Gasteiger partial charge in [-0.1, -0.05) is 11.8 Å². The van der Waals surface area contributed by atoms with Gasteiger partial charge in [-0.2, -0.15) is 0 Å². The van der Waals surface area contributed by atoms with Crippen LogP contribution in [0, 0.1) is 11.8 Å². The Labute approximate surface area is 119 Å². The summed E-state index contributed by atoms with van der Waals surface area (Å²) in [6, 6.07) is 4.17. The molecule has 0 aliphatic heterocycles. The van der Waals surface area contributed by atoms with Gasteiger partial charge in [0, 0.05) is 38.7 Å². The third-order valence-electron chi connectivity index (χ3n) is 2.58. The Bertz CT molecular complexity index is 401. The third kappa shape index (κ3) is 6.71. The SMILES string of the molecule is COCCN(CCOC)Cc1ccc(C#CCN)s1. The van der Waals surface area contributed by atoms with E-state index in [0.29, 0.717) is 6.54 Å². The Hall–Kier alpha value is -0.900. The van der Waals surface area contributed by atoms with Crippen molar-refractivity contribution in [3.05, 3.63) is 21.9 Å². The second-order valence-electron chi connectivity index (χ2n) is 4.03. The second kappa shape index (κ2) is 9.96. The molecule has 0 spiro atoms. The summed E-state index contributed by atoms with van der Waals surface area (Å²) in [6.45, 7) is 4.58. The van der Waals surface area contributed by atoms with E-state index in [4.69, 9.17) is 15.2 Å². The van der Waals surface area contributed by atoms with Crippen molar-refractivity contribution in [3.8, 4) is 11.8 Å². The Morgan fingerprint density at radius 1 is 1.21 bits per heavy atom. The minimum Gasteiger partial charge on any atom is -0.383 e. The highest BCUT2D eigenvalue weighted by Gasteiger charge is 2.07. The number of hydrogen-bond acceptors (Lipinski definition) is 5. The smallest absolute Gasteiger partial charge is 0.0772 e. The molecule has 1 heterocycles. The van der Waals surface area contributed by atoms with E-state index in [1.807, 2.05) is 6.07 Å². The molecule has 0 fully saturated rings. The van der Waals surface area contributed by atoms with Gasteiger partial charge in [-0.25, -0.2) is 0 Å². The number of ether oxygens (including phenoxy) is 2. The Morgan fingerprint density at radius 3 is 2.47 bits per heavy atom. The minimum absolute atomic E-state index is 0.404. The van der Waals surface area contributed by atoms with Crippen LogP contribution in [0.15, 0.2) is 12.1 Å². The molecular formula is C14H22N2O2S. The van der Waals surface area contributed by atoms with Crippen molar-refractivity contribution < 1.29 is 9.47 Å². The Kier molecular flexibility index (Phi) is 8.47. The quantitative estimate of drug-likeness (QED) is 0.727. The fourth-order valence-corrected chi connectivity index (χ4v) is 2.52. The molecule has 0 bridgehead atoms. The molecule has 0 aromatic carbocycles. The average molecular weight is 282 g/mol. The van der Waals surface area contributed by atoms with Crippen LogP contribution in [0.25, 0.3) is 0 Å². The highest BCUT2D eigenvalue weighted by Crippen LogP contribution is 2.17. The lowest BCUT2D eigenvalue weighted by Gasteiger charge is -2.20. The molecule has 5 heteroatoms. The predicted molar refractivity (Wildman–Crippen MR) is 79.3 cm³/mol. The Morgan fingerprint density at radius 2 is 1.89 bits per heavy atom. The topological polar surface area (TPSA) is 47.7 Å². The van der Waals surface area contributed by atoms with Crippen molar-refractivity contribution in [1.29, 1.82) is 0 Å². The molecule has 1 rings (SSSR count). The van der Waals surface area contributed by atoms with E-state index in [2.05, 4.69) is 22.8 Å². The van der Waals surface area contributed by atoms with Crippen LogP contribution in [-0.2, 0) is 16.0 Å². The first-order valence-corrected chi connectivity index (χ1v) is 7.09. The molecule has 19 heavy (non-hydrogen) atoms. The molecule has 106 valence electrons. The van der Waals surface area contributed by atoms with Crippen LogP contribution in [0.2, 0.25) is 0 Å². The fraction of sp³-hybridized carbons (Fsp3) is 0.571. The lowest BCUT2D eigenvalue weighted by atomic mass is 10.3. The van der Waals surface area contributed by atoms with E-state index in [1.54, 1.807) is 25.6 Å². The molecule has 0 radical (unpaired) electrons. The summed E-state index contributed by atoms with van der Waals surface area (Å²) in [5, 5.41) is 0. The van der Waals surface area contributed by atoms with Gasteiger partial charge < -0.3 is 15.2 Å². The summed E-state index contributed by atoms with van der Waals surface area (Å²) in [4.78, 5) is 4.69. The maximum absolute atomic E-state index is 5.37. The highest BCUT2D eigenvalue weighted by molar-refractivity contribution is 7.12. The number of methoxy groups -OCH3 is 2. The summed E-state index contributed by atoms with van der Waals surface area (Å²) < 4.78 is 10.3. The Balaban J connectivity index is 2.53. The van der Waals surface area contributed by atoms with Crippen LogP contribution in [0.1, 0.15) is 9.75 Å². The average Bonchev–Trinajstić information content (AvgIpc) is 2.87. The molecule has 2 N–H and O–H groups in total. The summed E-state index contributed by atoms with van der Waals surface area (Å²) in [7, 11) is 3.44. The van der Waals surface area contributed by atoms with Gasteiger partial charge in [0.25, 0.3) is 0 Å². The molecule has 1 aromatic heterocycles. The van der Waals surface area contributed by atoms with Crippen LogP contribution in [0.4, 0.5) is 0 Å². The van der Waals surface area contributed by atoms with Gasteiger partial charge in [-0.05, 0) is 12.1 Å². The van der Waals surface area contributed by atoms with Crippen molar-refractivity contribution in [2.75, 3.05) is 47.1 Å². The van der Waals surface area contributed by atoms with Crippen molar-refractivity contribution in [2.45, 2.75) is 6.54 Å². The zero-order chi connectivity index (χ0) is 13.9. The lowest BCUT2D eigenvalue weighted by Crippen LogP contribution is -2.29. The van der Waals surface area contributed by atoms with Crippen LogP contribution in [-0.4, -0.2) is 52.0 Å². The van der Waals surface area contributed by atoms with Gasteiger partial charge in [0.05, 0.1) is 24.6 Å². The maximum atomic E-state index is 5.37. The molecule has 4 nitrogen and oxygen atoms in total. The fourth-order valence-electron chi connectivity index (χ4n) is 1.60. The van der Waals surface area contributed by atoms with E-state index in [-0.39, 0.29) is 0 Å². The zero-order valence-electron chi connectivity index (χ0n) is 11.6. The largest absolute Gasteiger partial charge is 0.383 e. The van der Waals surface area contributed by atoms with E-state index >= 15 is 0 Å². The third-order valence-corrected chi connectivity index (χ3v) is 3.56. The highest BCUT2D eigenvalue weighted by atomic mass is 32.1. The number of nitrogens with two attached hydrogens (primary N) is 1. The summed E-state index contributed by atoms with van der Waals surface area (Å²) in [5.74, 6) is 5.93. The van der Waals surface area contributed by atoms with Crippen LogP contribution in [0.5, 0.6) is 0 Å².